The summed E-state index contributed by atoms with van der Waals surface area (Å²) in [6.07, 6.45) is 3.47. The summed E-state index contributed by atoms with van der Waals surface area (Å²) in [5.41, 5.74) is 0.544. The maximum absolute atomic E-state index is 12.4. The van der Waals surface area contributed by atoms with Gasteiger partial charge in [0.15, 0.2) is 0 Å². The summed E-state index contributed by atoms with van der Waals surface area (Å²) in [5.74, 6) is 0.473. The highest BCUT2D eigenvalue weighted by Crippen LogP contribution is 2.18. The molecule has 112 valence electrons. The molecule has 0 saturated carbocycles. The minimum Gasteiger partial charge on any atom is -0.383 e. The lowest BCUT2D eigenvalue weighted by Crippen LogP contribution is -2.38. The molecule has 0 saturated heterocycles. The SMILES string of the molecule is CCCNc1ncc(Br)cc1C(=O)NC(CC)COC. The van der Waals surface area contributed by atoms with Gasteiger partial charge in [-0.25, -0.2) is 4.98 Å². The van der Waals surface area contributed by atoms with Crippen molar-refractivity contribution in [3.05, 3.63) is 22.3 Å². The largest absolute Gasteiger partial charge is 0.383 e. The lowest BCUT2D eigenvalue weighted by atomic mass is 10.2. The molecule has 0 aliphatic rings. The van der Waals surface area contributed by atoms with Crippen molar-refractivity contribution in [3.63, 3.8) is 0 Å². The second kappa shape index (κ2) is 8.92. The number of rotatable bonds is 8. The fourth-order valence-corrected chi connectivity index (χ4v) is 2.05. The Balaban J connectivity index is 2.86. The molecule has 0 radical (unpaired) electrons. The van der Waals surface area contributed by atoms with Crippen LogP contribution in [0, 0.1) is 0 Å². The fraction of sp³-hybridized carbons (Fsp3) is 0.571. The Morgan fingerprint density at radius 2 is 2.25 bits per heavy atom. The van der Waals surface area contributed by atoms with E-state index in [0.29, 0.717) is 18.0 Å². The normalized spacial score (nSPS) is 12.0. The van der Waals surface area contributed by atoms with E-state index in [1.807, 2.05) is 6.92 Å². The van der Waals surface area contributed by atoms with Gasteiger partial charge in [0.2, 0.25) is 0 Å². The summed E-state index contributed by atoms with van der Waals surface area (Å²) in [5, 5.41) is 6.13. The number of halogens is 1. The first-order valence-electron chi connectivity index (χ1n) is 6.81. The van der Waals surface area contributed by atoms with Crippen LogP contribution in [-0.4, -0.2) is 37.2 Å². The molecule has 1 amide bonds. The van der Waals surface area contributed by atoms with E-state index in [2.05, 4.69) is 38.5 Å². The van der Waals surface area contributed by atoms with E-state index in [1.165, 1.54) is 0 Å². The zero-order valence-corrected chi connectivity index (χ0v) is 13.8. The second-order valence-electron chi connectivity index (χ2n) is 4.51. The topological polar surface area (TPSA) is 63.2 Å². The zero-order valence-electron chi connectivity index (χ0n) is 12.2. The summed E-state index contributed by atoms with van der Waals surface area (Å²) < 4.78 is 5.88. The quantitative estimate of drug-likeness (QED) is 0.761. The van der Waals surface area contributed by atoms with Crippen LogP contribution in [0.15, 0.2) is 16.7 Å². The molecule has 0 bridgehead atoms. The first-order valence-corrected chi connectivity index (χ1v) is 7.60. The Kier molecular flexibility index (Phi) is 7.54. The van der Waals surface area contributed by atoms with Crippen LogP contribution in [0.3, 0.4) is 0 Å². The van der Waals surface area contributed by atoms with Gasteiger partial charge in [-0.05, 0) is 34.8 Å². The van der Waals surface area contributed by atoms with E-state index in [0.717, 1.165) is 23.9 Å². The van der Waals surface area contributed by atoms with E-state index < -0.39 is 0 Å². The van der Waals surface area contributed by atoms with Crippen molar-refractivity contribution in [2.24, 2.45) is 0 Å². The number of amides is 1. The monoisotopic (exact) mass is 343 g/mol. The molecule has 1 heterocycles. The van der Waals surface area contributed by atoms with Crippen LogP contribution >= 0.6 is 15.9 Å². The van der Waals surface area contributed by atoms with Gasteiger partial charge in [-0.3, -0.25) is 4.79 Å². The molecule has 0 aliphatic carbocycles. The first kappa shape index (κ1) is 16.9. The number of anilines is 1. The fourth-order valence-electron chi connectivity index (χ4n) is 1.72. The van der Waals surface area contributed by atoms with Crippen LogP contribution in [0.25, 0.3) is 0 Å². The number of aromatic nitrogens is 1. The van der Waals surface area contributed by atoms with Crippen molar-refractivity contribution in [2.75, 3.05) is 25.6 Å². The van der Waals surface area contributed by atoms with E-state index in [-0.39, 0.29) is 11.9 Å². The van der Waals surface area contributed by atoms with Crippen LogP contribution < -0.4 is 10.6 Å². The van der Waals surface area contributed by atoms with Gasteiger partial charge in [0, 0.05) is 24.3 Å². The Hall–Kier alpha value is -1.14. The molecule has 1 rings (SSSR count). The maximum Gasteiger partial charge on any atom is 0.255 e. The predicted octanol–water partition coefficient (Wildman–Crippen LogP) is 2.82. The summed E-state index contributed by atoms with van der Waals surface area (Å²) in [4.78, 5) is 16.6. The van der Waals surface area contributed by atoms with E-state index in [9.17, 15) is 4.79 Å². The Morgan fingerprint density at radius 3 is 2.85 bits per heavy atom. The number of nitrogens with zero attached hydrogens (tertiary/aromatic N) is 1. The molecule has 1 unspecified atom stereocenters. The van der Waals surface area contributed by atoms with Gasteiger partial charge in [0.25, 0.3) is 5.91 Å². The van der Waals surface area contributed by atoms with Gasteiger partial charge >= 0.3 is 0 Å². The van der Waals surface area contributed by atoms with Crippen LogP contribution in [0.5, 0.6) is 0 Å². The van der Waals surface area contributed by atoms with E-state index >= 15 is 0 Å². The molecular formula is C14H22BrN3O2. The minimum atomic E-state index is -0.138. The second-order valence-corrected chi connectivity index (χ2v) is 5.43. The van der Waals surface area contributed by atoms with Gasteiger partial charge < -0.3 is 15.4 Å². The van der Waals surface area contributed by atoms with Gasteiger partial charge in [0.1, 0.15) is 5.82 Å². The third-order valence-electron chi connectivity index (χ3n) is 2.84. The number of carbonyl (C=O) groups excluding carboxylic acids is 1. The predicted molar refractivity (Wildman–Crippen MR) is 84.1 cm³/mol. The number of carbonyl (C=O) groups is 1. The summed E-state index contributed by atoms with van der Waals surface area (Å²) in [7, 11) is 1.63. The number of hydrogen-bond acceptors (Lipinski definition) is 4. The molecular weight excluding hydrogens is 322 g/mol. The van der Waals surface area contributed by atoms with Crippen molar-refractivity contribution in [3.8, 4) is 0 Å². The van der Waals surface area contributed by atoms with Gasteiger partial charge in [0.05, 0.1) is 18.2 Å². The molecule has 0 aromatic carbocycles. The van der Waals surface area contributed by atoms with Gasteiger partial charge in [-0.15, -0.1) is 0 Å². The summed E-state index contributed by atoms with van der Waals surface area (Å²) >= 11 is 3.35. The molecule has 2 N–H and O–H groups in total. The van der Waals surface area contributed by atoms with Crippen LogP contribution in [0.1, 0.15) is 37.0 Å². The first-order chi connectivity index (χ1) is 9.62. The molecule has 0 fully saturated rings. The maximum atomic E-state index is 12.4. The number of ether oxygens (including phenoxy) is 1. The van der Waals surface area contributed by atoms with Crippen molar-refractivity contribution < 1.29 is 9.53 Å². The zero-order chi connectivity index (χ0) is 15.0. The smallest absolute Gasteiger partial charge is 0.255 e. The molecule has 1 atom stereocenters. The lowest BCUT2D eigenvalue weighted by Gasteiger charge is -2.17. The molecule has 6 heteroatoms. The minimum absolute atomic E-state index is 0.00510. The third kappa shape index (κ3) is 5.09. The Bertz CT molecular complexity index is 440. The Morgan fingerprint density at radius 1 is 1.50 bits per heavy atom. The Labute approximate surface area is 128 Å². The van der Waals surface area contributed by atoms with Crippen molar-refractivity contribution in [1.29, 1.82) is 0 Å². The lowest BCUT2D eigenvalue weighted by molar-refractivity contribution is 0.0895. The molecule has 1 aromatic rings. The number of methoxy groups -OCH3 is 1. The van der Waals surface area contributed by atoms with Crippen molar-refractivity contribution in [2.45, 2.75) is 32.7 Å². The summed E-state index contributed by atoms with van der Waals surface area (Å²) in [6.45, 7) is 5.36. The molecule has 1 aromatic heterocycles. The number of nitrogens with one attached hydrogen (secondary N) is 2. The highest BCUT2D eigenvalue weighted by atomic mass is 79.9. The molecule has 5 nitrogen and oxygen atoms in total. The molecule has 0 aliphatic heterocycles. The average molecular weight is 344 g/mol. The standard InChI is InChI=1S/C14H22BrN3O2/c1-4-6-16-13-12(7-10(15)8-17-13)14(19)18-11(5-2)9-20-3/h7-8,11H,4-6,9H2,1-3H3,(H,16,17)(H,18,19). The van der Waals surface area contributed by atoms with Crippen LogP contribution in [0.2, 0.25) is 0 Å². The van der Waals surface area contributed by atoms with E-state index in [1.54, 1.807) is 19.4 Å². The third-order valence-corrected chi connectivity index (χ3v) is 3.27. The highest BCUT2D eigenvalue weighted by Gasteiger charge is 2.16. The van der Waals surface area contributed by atoms with Gasteiger partial charge in [-0.2, -0.15) is 0 Å². The molecule has 0 spiro atoms. The van der Waals surface area contributed by atoms with Crippen molar-refractivity contribution >= 4 is 27.7 Å². The summed E-state index contributed by atoms with van der Waals surface area (Å²) in [6, 6.07) is 1.78. The van der Waals surface area contributed by atoms with E-state index in [4.69, 9.17) is 4.74 Å². The van der Waals surface area contributed by atoms with Crippen LogP contribution in [-0.2, 0) is 4.74 Å². The van der Waals surface area contributed by atoms with Crippen LogP contribution in [0.4, 0.5) is 5.82 Å². The highest BCUT2D eigenvalue weighted by molar-refractivity contribution is 9.10. The van der Waals surface area contributed by atoms with Crippen molar-refractivity contribution in [1.82, 2.24) is 10.3 Å². The number of pyridine rings is 1. The molecule has 20 heavy (non-hydrogen) atoms. The number of hydrogen-bond donors (Lipinski definition) is 2. The van der Waals surface area contributed by atoms with Gasteiger partial charge in [-0.1, -0.05) is 13.8 Å². The average Bonchev–Trinajstić information content (AvgIpc) is 2.45.